The Hall–Kier alpha value is -1.60. The molecule has 1 aromatic rings. The van der Waals surface area contributed by atoms with Crippen molar-refractivity contribution in [2.24, 2.45) is 5.73 Å². The van der Waals surface area contributed by atoms with Crippen molar-refractivity contribution in [3.8, 4) is 6.07 Å². The van der Waals surface area contributed by atoms with Gasteiger partial charge in [0, 0.05) is 25.3 Å². The molecule has 0 amide bonds. The molecule has 1 aromatic heterocycles. The Morgan fingerprint density at radius 3 is 2.88 bits per heavy atom. The molecule has 84 valence electrons. The highest BCUT2D eigenvalue weighted by Gasteiger charge is 2.16. The van der Waals surface area contributed by atoms with E-state index in [-0.39, 0.29) is 0 Å². The maximum absolute atomic E-state index is 8.65. The summed E-state index contributed by atoms with van der Waals surface area (Å²) in [4.78, 5) is 6.46. The number of hydrogen-bond acceptors (Lipinski definition) is 4. The number of aromatic nitrogens is 1. The maximum atomic E-state index is 8.65. The van der Waals surface area contributed by atoms with Gasteiger partial charge in [0.1, 0.15) is 0 Å². The van der Waals surface area contributed by atoms with Gasteiger partial charge in [-0.2, -0.15) is 5.26 Å². The zero-order chi connectivity index (χ0) is 11.4. The summed E-state index contributed by atoms with van der Waals surface area (Å²) >= 11 is 0. The summed E-state index contributed by atoms with van der Waals surface area (Å²) < 4.78 is 0. The lowest BCUT2D eigenvalue weighted by atomic mass is 10.1. The van der Waals surface area contributed by atoms with E-state index in [0.717, 1.165) is 37.2 Å². The second-order valence-corrected chi connectivity index (χ2v) is 4.21. The average molecular weight is 216 g/mol. The van der Waals surface area contributed by atoms with Crippen LogP contribution in [0.5, 0.6) is 0 Å². The van der Waals surface area contributed by atoms with Gasteiger partial charge < -0.3 is 10.6 Å². The fourth-order valence-corrected chi connectivity index (χ4v) is 1.99. The van der Waals surface area contributed by atoms with Crippen LogP contribution in [0, 0.1) is 11.3 Å². The van der Waals surface area contributed by atoms with Crippen molar-refractivity contribution in [2.75, 3.05) is 18.0 Å². The molecule has 0 atom stereocenters. The molecule has 0 aromatic carbocycles. The molecular formula is C12H16N4. The van der Waals surface area contributed by atoms with Crippen LogP contribution in [-0.2, 0) is 6.42 Å². The van der Waals surface area contributed by atoms with E-state index in [9.17, 15) is 0 Å². The predicted octanol–water partition coefficient (Wildman–Crippen LogP) is 1.08. The van der Waals surface area contributed by atoms with E-state index in [1.807, 2.05) is 12.3 Å². The van der Waals surface area contributed by atoms with Crippen molar-refractivity contribution in [3.05, 3.63) is 24.0 Å². The molecule has 1 aliphatic heterocycles. The summed E-state index contributed by atoms with van der Waals surface area (Å²) in [7, 11) is 0. The van der Waals surface area contributed by atoms with E-state index in [1.165, 1.54) is 0 Å². The molecule has 0 unspecified atom stereocenters. The SMILES string of the molecule is N#CCc1cncc(N2CCC(N)CC2)c1. The van der Waals surface area contributed by atoms with Gasteiger partial charge >= 0.3 is 0 Å². The minimum Gasteiger partial charge on any atom is -0.370 e. The summed E-state index contributed by atoms with van der Waals surface area (Å²) in [5.74, 6) is 0. The van der Waals surface area contributed by atoms with Gasteiger partial charge in [-0.15, -0.1) is 0 Å². The van der Waals surface area contributed by atoms with Gasteiger partial charge in [-0.05, 0) is 24.5 Å². The minimum absolute atomic E-state index is 0.339. The first kappa shape index (κ1) is 10.9. The number of nitriles is 1. The van der Waals surface area contributed by atoms with Crippen LogP contribution >= 0.6 is 0 Å². The topological polar surface area (TPSA) is 65.9 Å². The lowest BCUT2D eigenvalue weighted by Gasteiger charge is -2.31. The van der Waals surface area contributed by atoms with Crippen molar-refractivity contribution in [1.29, 1.82) is 5.26 Å². The molecule has 1 saturated heterocycles. The lowest BCUT2D eigenvalue weighted by molar-refractivity contribution is 0.501. The number of nitrogens with two attached hydrogens (primary N) is 1. The van der Waals surface area contributed by atoms with Crippen LogP contribution in [0.1, 0.15) is 18.4 Å². The number of rotatable bonds is 2. The molecule has 4 heteroatoms. The Morgan fingerprint density at radius 1 is 1.44 bits per heavy atom. The number of anilines is 1. The third-order valence-corrected chi connectivity index (χ3v) is 2.97. The van der Waals surface area contributed by atoms with Crippen molar-refractivity contribution < 1.29 is 0 Å². The quantitative estimate of drug-likeness (QED) is 0.803. The number of nitrogens with zero attached hydrogens (tertiary/aromatic N) is 3. The molecule has 1 fully saturated rings. The van der Waals surface area contributed by atoms with E-state index in [2.05, 4.69) is 16.0 Å². The fourth-order valence-electron chi connectivity index (χ4n) is 1.99. The van der Waals surface area contributed by atoms with Crippen LogP contribution < -0.4 is 10.6 Å². The van der Waals surface area contributed by atoms with E-state index in [0.29, 0.717) is 12.5 Å². The Morgan fingerprint density at radius 2 is 2.19 bits per heavy atom. The zero-order valence-corrected chi connectivity index (χ0v) is 9.26. The van der Waals surface area contributed by atoms with Crippen LogP contribution in [0.2, 0.25) is 0 Å². The van der Waals surface area contributed by atoms with Crippen LogP contribution in [-0.4, -0.2) is 24.1 Å². The minimum atomic E-state index is 0.339. The Labute approximate surface area is 95.7 Å². The molecule has 16 heavy (non-hydrogen) atoms. The predicted molar refractivity (Wildman–Crippen MR) is 63.0 cm³/mol. The molecule has 0 saturated carbocycles. The fraction of sp³-hybridized carbons (Fsp3) is 0.500. The largest absolute Gasteiger partial charge is 0.370 e. The van der Waals surface area contributed by atoms with Crippen molar-refractivity contribution in [3.63, 3.8) is 0 Å². The van der Waals surface area contributed by atoms with Crippen molar-refractivity contribution in [1.82, 2.24) is 4.98 Å². The highest BCUT2D eigenvalue weighted by atomic mass is 15.1. The van der Waals surface area contributed by atoms with E-state index in [4.69, 9.17) is 11.0 Å². The number of hydrogen-bond donors (Lipinski definition) is 1. The van der Waals surface area contributed by atoms with Gasteiger partial charge in [-0.3, -0.25) is 4.98 Å². The molecule has 2 heterocycles. The first-order valence-electron chi connectivity index (χ1n) is 5.61. The first-order valence-corrected chi connectivity index (χ1v) is 5.61. The standard InChI is InChI=1S/C12H16N4/c13-4-1-10-7-12(9-15-8-10)16-5-2-11(14)3-6-16/h7-9,11H,1-3,5-6,14H2. The van der Waals surface area contributed by atoms with Crippen LogP contribution in [0.4, 0.5) is 5.69 Å². The van der Waals surface area contributed by atoms with Gasteiger partial charge in [0.25, 0.3) is 0 Å². The molecule has 2 N–H and O–H groups in total. The summed E-state index contributed by atoms with van der Waals surface area (Å²) in [6.45, 7) is 1.97. The first-order chi connectivity index (χ1) is 7.79. The number of piperidine rings is 1. The van der Waals surface area contributed by atoms with Crippen LogP contribution in [0.15, 0.2) is 18.5 Å². The summed E-state index contributed by atoms with van der Waals surface area (Å²) in [6.07, 6.45) is 6.10. The third-order valence-electron chi connectivity index (χ3n) is 2.97. The molecular weight excluding hydrogens is 200 g/mol. The molecule has 0 aliphatic carbocycles. The van der Waals surface area contributed by atoms with Gasteiger partial charge in [0.2, 0.25) is 0 Å². The molecule has 4 nitrogen and oxygen atoms in total. The summed E-state index contributed by atoms with van der Waals surface area (Å²) in [5.41, 5.74) is 7.96. The molecule has 2 rings (SSSR count). The van der Waals surface area contributed by atoms with Gasteiger partial charge in [-0.1, -0.05) is 0 Å². The van der Waals surface area contributed by atoms with E-state index >= 15 is 0 Å². The summed E-state index contributed by atoms with van der Waals surface area (Å²) in [6, 6.07) is 4.53. The zero-order valence-electron chi connectivity index (χ0n) is 9.26. The molecule has 0 radical (unpaired) electrons. The second-order valence-electron chi connectivity index (χ2n) is 4.21. The maximum Gasteiger partial charge on any atom is 0.0670 e. The van der Waals surface area contributed by atoms with E-state index < -0.39 is 0 Å². The van der Waals surface area contributed by atoms with E-state index in [1.54, 1.807) is 6.20 Å². The monoisotopic (exact) mass is 216 g/mol. The lowest BCUT2D eigenvalue weighted by Crippen LogP contribution is -2.39. The molecule has 0 bridgehead atoms. The second kappa shape index (κ2) is 4.95. The van der Waals surface area contributed by atoms with Crippen LogP contribution in [0.25, 0.3) is 0 Å². The normalized spacial score (nSPS) is 17.1. The van der Waals surface area contributed by atoms with Gasteiger partial charge in [-0.25, -0.2) is 0 Å². The van der Waals surface area contributed by atoms with Crippen molar-refractivity contribution >= 4 is 5.69 Å². The molecule has 0 spiro atoms. The van der Waals surface area contributed by atoms with Gasteiger partial charge in [0.05, 0.1) is 24.4 Å². The van der Waals surface area contributed by atoms with Gasteiger partial charge in [0.15, 0.2) is 0 Å². The number of pyridine rings is 1. The Kier molecular flexibility index (Phi) is 3.37. The highest BCUT2D eigenvalue weighted by Crippen LogP contribution is 2.19. The Bertz CT molecular complexity index is 388. The van der Waals surface area contributed by atoms with Crippen molar-refractivity contribution in [2.45, 2.75) is 25.3 Å². The smallest absolute Gasteiger partial charge is 0.0670 e. The van der Waals surface area contributed by atoms with Crippen LogP contribution in [0.3, 0.4) is 0 Å². The third kappa shape index (κ3) is 2.50. The highest BCUT2D eigenvalue weighted by molar-refractivity contribution is 5.46. The molecule has 1 aliphatic rings. The Balaban J connectivity index is 2.09. The summed E-state index contributed by atoms with van der Waals surface area (Å²) in [5, 5.41) is 8.65. The average Bonchev–Trinajstić information content (AvgIpc) is 2.31.